The van der Waals surface area contributed by atoms with Crippen molar-refractivity contribution in [2.24, 2.45) is 5.41 Å². The Balaban J connectivity index is 1.89. The van der Waals surface area contributed by atoms with E-state index in [4.69, 9.17) is 4.74 Å². The second kappa shape index (κ2) is 6.22. The summed E-state index contributed by atoms with van der Waals surface area (Å²) in [4.78, 5) is 8.40. The molecule has 0 aliphatic heterocycles. The van der Waals surface area contributed by atoms with Gasteiger partial charge in [-0.1, -0.05) is 20.8 Å². The van der Waals surface area contributed by atoms with Crippen LogP contribution in [0.5, 0.6) is 5.88 Å². The molecule has 0 bridgehead atoms. The topological polar surface area (TPSA) is 47.0 Å². The largest absolute Gasteiger partial charge is 0.478 e. The average molecular weight is 263 g/mol. The summed E-state index contributed by atoms with van der Waals surface area (Å²) in [6, 6.07) is 2.43. The lowest BCUT2D eigenvalue weighted by atomic mass is 9.75. The molecular formula is C15H25N3O. The molecular weight excluding hydrogens is 238 g/mol. The minimum absolute atomic E-state index is 0.499. The summed E-state index contributed by atoms with van der Waals surface area (Å²) >= 11 is 0. The molecule has 4 nitrogen and oxygen atoms in total. The standard InChI is InChI=1S/C15H25N3O/c1-4-9-19-14-10-13(16-11-17-14)18-12-5-7-15(2,3)8-6-12/h10-12H,4-9H2,1-3H3,(H,16,17,18). The number of nitrogens with zero attached hydrogens (tertiary/aromatic N) is 2. The summed E-state index contributed by atoms with van der Waals surface area (Å²) in [5.74, 6) is 1.54. The number of ether oxygens (including phenoxy) is 1. The van der Waals surface area contributed by atoms with Crippen molar-refractivity contribution in [2.45, 2.75) is 58.9 Å². The van der Waals surface area contributed by atoms with Gasteiger partial charge >= 0.3 is 0 Å². The zero-order chi connectivity index (χ0) is 13.7. The Morgan fingerprint density at radius 1 is 1.32 bits per heavy atom. The van der Waals surface area contributed by atoms with E-state index in [1.165, 1.54) is 25.7 Å². The molecule has 19 heavy (non-hydrogen) atoms. The van der Waals surface area contributed by atoms with Gasteiger partial charge in [0.05, 0.1) is 6.61 Å². The van der Waals surface area contributed by atoms with Gasteiger partial charge in [-0.25, -0.2) is 9.97 Å². The van der Waals surface area contributed by atoms with Crippen molar-refractivity contribution in [3.05, 3.63) is 12.4 Å². The Morgan fingerprint density at radius 3 is 2.74 bits per heavy atom. The van der Waals surface area contributed by atoms with E-state index < -0.39 is 0 Å². The third-order valence-electron chi connectivity index (χ3n) is 3.79. The van der Waals surface area contributed by atoms with Crippen LogP contribution < -0.4 is 10.1 Å². The number of anilines is 1. The van der Waals surface area contributed by atoms with Gasteiger partial charge in [-0.05, 0) is 37.5 Å². The van der Waals surface area contributed by atoms with Crippen LogP contribution in [0.25, 0.3) is 0 Å². The number of hydrogen-bond acceptors (Lipinski definition) is 4. The molecule has 0 saturated heterocycles. The predicted octanol–water partition coefficient (Wildman–Crippen LogP) is 3.65. The fraction of sp³-hybridized carbons (Fsp3) is 0.733. The minimum atomic E-state index is 0.499. The van der Waals surface area contributed by atoms with Crippen molar-refractivity contribution in [3.63, 3.8) is 0 Å². The SMILES string of the molecule is CCCOc1cc(NC2CCC(C)(C)CC2)ncn1. The minimum Gasteiger partial charge on any atom is -0.478 e. The Labute approximate surface area is 116 Å². The molecule has 2 rings (SSSR count). The molecule has 1 aliphatic carbocycles. The molecule has 0 atom stereocenters. The first-order valence-electron chi connectivity index (χ1n) is 7.30. The van der Waals surface area contributed by atoms with Crippen LogP contribution in [0.2, 0.25) is 0 Å². The molecule has 0 radical (unpaired) electrons. The summed E-state index contributed by atoms with van der Waals surface area (Å²) in [5, 5.41) is 3.50. The molecule has 0 aromatic carbocycles. The van der Waals surface area contributed by atoms with Gasteiger partial charge in [-0.2, -0.15) is 0 Å². The zero-order valence-corrected chi connectivity index (χ0v) is 12.3. The Bertz CT molecular complexity index is 396. The predicted molar refractivity (Wildman–Crippen MR) is 77.5 cm³/mol. The molecule has 1 fully saturated rings. The molecule has 1 aromatic rings. The number of nitrogens with one attached hydrogen (secondary N) is 1. The van der Waals surface area contributed by atoms with E-state index in [1.54, 1.807) is 6.33 Å². The lowest BCUT2D eigenvalue weighted by Crippen LogP contribution is -2.30. The first-order valence-corrected chi connectivity index (χ1v) is 7.30. The summed E-state index contributed by atoms with van der Waals surface area (Å²) < 4.78 is 5.53. The van der Waals surface area contributed by atoms with Crippen molar-refractivity contribution in [1.82, 2.24) is 9.97 Å². The van der Waals surface area contributed by atoms with E-state index in [0.29, 0.717) is 23.9 Å². The van der Waals surface area contributed by atoms with Gasteiger partial charge in [0.25, 0.3) is 0 Å². The van der Waals surface area contributed by atoms with Crippen LogP contribution in [0.1, 0.15) is 52.9 Å². The zero-order valence-electron chi connectivity index (χ0n) is 12.3. The van der Waals surface area contributed by atoms with Crippen molar-refractivity contribution in [3.8, 4) is 5.88 Å². The highest BCUT2D eigenvalue weighted by atomic mass is 16.5. The van der Waals surface area contributed by atoms with Crippen LogP contribution >= 0.6 is 0 Å². The first-order chi connectivity index (χ1) is 9.09. The summed E-state index contributed by atoms with van der Waals surface area (Å²) in [6.45, 7) is 7.49. The van der Waals surface area contributed by atoms with Gasteiger partial charge in [-0.15, -0.1) is 0 Å². The van der Waals surface area contributed by atoms with Crippen LogP contribution in [0.3, 0.4) is 0 Å². The smallest absolute Gasteiger partial charge is 0.218 e. The monoisotopic (exact) mass is 263 g/mol. The molecule has 1 N–H and O–H groups in total. The third kappa shape index (κ3) is 4.37. The van der Waals surface area contributed by atoms with E-state index in [2.05, 4.69) is 36.1 Å². The Kier molecular flexibility index (Phi) is 4.61. The molecule has 1 heterocycles. The summed E-state index contributed by atoms with van der Waals surface area (Å²) in [6.07, 6.45) is 7.53. The summed E-state index contributed by atoms with van der Waals surface area (Å²) in [5.41, 5.74) is 0.499. The number of hydrogen-bond donors (Lipinski definition) is 1. The van der Waals surface area contributed by atoms with Gasteiger partial charge in [0, 0.05) is 12.1 Å². The molecule has 1 saturated carbocycles. The Hall–Kier alpha value is -1.32. The van der Waals surface area contributed by atoms with Crippen LogP contribution in [0.4, 0.5) is 5.82 Å². The number of aromatic nitrogens is 2. The van der Waals surface area contributed by atoms with Crippen LogP contribution in [-0.2, 0) is 0 Å². The molecule has 1 aromatic heterocycles. The fourth-order valence-corrected chi connectivity index (χ4v) is 2.46. The second-order valence-corrected chi connectivity index (χ2v) is 6.17. The highest BCUT2D eigenvalue weighted by Gasteiger charge is 2.26. The highest BCUT2D eigenvalue weighted by molar-refractivity contribution is 5.38. The third-order valence-corrected chi connectivity index (χ3v) is 3.79. The van der Waals surface area contributed by atoms with Crippen molar-refractivity contribution in [1.29, 1.82) is 0 Å². The Morgan fingerprint density at radius 2 is 2.05 bits per heavy atom. The number of rotatable bonds is 5. The van der Waals surface area contributed by atoms with Crippen LogP contribution in [0.15, 0.2) is 12.4 Å². The quantitative estimate of drug-likeness (QED) is 0.881. The van der Waals surface area contributed by atoms with Crippen LogP contribution in [-0.4, -0.2) is 22.6 Å². The van der Waals surface area contributed by atoms with E-state index in [-0.39, 0.29) is 0 Å². The van der Waals surface area contributed by atoms with Gasteiger partial charge in [0.15, 0.2) is 0 Å². The molecule has 0 unspecified atom stereocenters. The molecule has 4 heteroatoms. The lowest BCUT2D eigenvalue weighted by Gasteiger charge is -2.34. The van der Waals surface area contributed by atoms with Gasteiger partial charge in [-0.3, -0.25) is 0 Å². The maximum Gasteiger partial charge on any atom is 0.218 e. The maximum absolute atomic E-state index is 5.53. The van der Waals surface area contributed by atoms with E-state index in [0.717, 1.165) is 12.2 Å². The van der Waals surface area contributed by atoms with Crippen molar-refractivity contribution < 1.29 is 4.74 Å². The summed E-state index contributed by atoms with van der Waals surface area (Å²) in [7, 11) is 0. The van der Waals surface area contributed by atoms with Gasteiger partial charge in [0.1, 0.15) is 12.1 Å². The molecule has 0 spiro atoms. The van der Waals surface area contributed by atoms with E-state index >= 15 is 0 Å². The van der Waals surface area contributed by atoms with E-state index in [1.807, 2.05) is 6.07 Å². The highest BCUT2D eigenvalue weighted by Crippen LogP contribution is 2.35. The van der Waals surface area contributed by atoms with Crippen molar-refractivity contribution >= 4 is 5.82 Å². The van der Waals surface area contributed by atoms with E-state index in [9.17, 15) is 0 Å². The maximum atomic E-state index is 5.53. The van der Waals surface area contributed by atoms with Crippen molar-refractivity contribution in [2.75, 3.05) is 11.9 Å². The van der Waals surface area contributed by atoms with Gasteiger partial charge < -0.3 is 10.1 Å². The lowest BCUT2D eigenvalue weighted by molar-refractivity contribution is 0.232. The molecule has 1 aliphatic rings. The van der Waals surface area contributed by atoms with Crippen LogP contribution in [0, 0.1) is 5.41 Å². The molecule has 0 amide bonds. The van der Waals surface area contributed by atoms with Gasteiger partial charge in [0.2, 0.25) is 5.88 Å². The fourth-order valence-electron chi connectivity index (χ4n) is 2.46. The molecule has 106 valence electrons. The average Bonchev–Trinajstić information content (AvgIpc) is 2.39. The first kappa shape index (κ1) is 14.1. The normalized spacial score (nSPS) is 19.1. The second-order valence-electron chi connectivity index (χ2n) is 6.17.